The highest BCUT2D eigenvalue weighted by molar-refractivity contribution is 7.99. The lowest BCUT2D eigenvalue weighted by Gasteiger charge is -2.31. The summed E-state index contributed by atoms with van der Waals surface area (Å²) in [6, 6.07) is 6.69. The Kier molecular flexibility index (Phi) is 10.4. The molecule has 222 valence electrons. The van der Waals surface area contributed by atoms with E-state index in [1.807, 2.05) is 39.8 Å². The molecule has 1 saturated carbocycles. The van der Waals surface area contributed by atoms with Crippen LogP contribution in [0.5, 0.6) is 0 Å². The zero-order chi connectivity index (χ0) is 28.7. The summed E-state index contributed by atoms with van der Waals surface area (Å²) in [6.07, 6.45) is 3.06. The topological polar surface area (TPSA) is 127 Å². The van der Waals surface area contributed by atoms with Gasteiger partial charge in [0.2, 0.25) is 11.7 Å². The van der Waals surface area contributed by atoms with Crippen molar-refractivity contribution in [1.82, 2.24) is 25.7 Å². The van der Waals surface area contributed by atoms with Crippen molar-refractivity contribution in [3.63, 3.8) is 0 Å². The average molecular weight is 576 g/mol. The van der Waals surface area contributed by atoms with Crippen molar-refractivity contribution < 1.29 is 26.4 Å². The number of nitrogens with zero attached hydrogens (tertiary/aromatic N) is 3. The number of hydrogen-bond donors (Lipinski definition) is 2. The molecule has 1 unspecified atom stereocenters. The Hall–Kier alpha value is -2.76. The molecule has 0 radical (unpaired) electrons. The predicted octanol–water partition coefficient (Wildman–Crippen LogP) is 4.35. The molecule has 2 heterocycles. The molecule has 2 aliphatic rings. The summed E-state index contributed by atoms with van der Waals surface area (Å²) >= 11 is 1.38. The Morgan fingerprint density at radius 3 is 2.35 bits per heavy atom. The van der Waals surface area contributed by atoms with E-state index in [9.17, 15) is 14.4 Å². The van der Waals surface area contributed by atoms with Crippen LogP contribution in [0, 0.1) is 5.92 Å². The van der Waals surface area contributed by atoms with Crippen LogP contribution in [0.1, 0.15) is 89.3 Å². The van der Waals surface area contributed by atoms with Crippen molar-refractivity contribution in [2.45, 2.75) is 88.4 Å². The third-order valence-electron chi connectivity index (χ3n) is 7.25. The second-order valence-electron chi connectivity index (χ2n) is 11.4. The Morgan fingerprint density at radius 1 is 1.05 bits per heavy atom. The molecule has 2 N–H and O–H groups in total. The number of rotatable bonds is 12. The van der Waals surface area contributed by atoms with E-state index < -0.39 is 17.4 Å². The van der Waals surface area contributed by atoms with Gasteiger partial charge in [0, 0.05) is 33.3 Å². The maximum Gasteiger partial charge on any atom is 0.286 e. The molecular weight excluding hydrogens is 530 g/mol. The zero-order valence-corrected chi connectivity index (χ0v) is 24.7. The number of Topliss-reactive ketones (excluding diaryl/α,β-unsaturated/α-hetero) is 1. The quantitative estimate of drug-likeness (QED) is 0.280. The number of aromatic nitrogens is 2. The minimum atomic E-state index is -1.08. The van der Waals surface area contributed by atoms with E-state index in [-0.39, 0.29) is 31.7 Å². The number of carbonyl (C=O) groups is 3. The number of amides is 2. The van der Waals surface area contributed by atoms with Crippen LogP contribution in [0.2, 0.25) is 0 Å². The van der Waals surface area contributed by atoms with Crippen molar-refractivity contribution in [2.24, 2.45) is 5.92 Å². The van der Waals surface area contributed by atoms with Crippen molar-refractivity contribution in [2.75, 3.05) is 26.3 Å². The number of carbonyl (C=O) groups excluding carboxylic acids is 3. The van der Waals surface area contributed by atoms with E-state index >= 15 is 0 Å². The summed E-state index contributed by atoms with van der Waals surface area (Å²) < 4.78 is 11.0. The molecule has 0 bridgehead atoms. The van der Waals surface area contributed by atoms with Gasteiger partial charge in [-0.1, -0.05) is 64.4 Å². The van der Waals surface area contributed by atoms with E-state index in [4.69, 9.17) is 9.15 Å². The Bertz CT molecular complexity index is 1170. The first kappa shape index (κ1) is 30.2. The highest BCUT2D eigenvalue weighted by Crippen LogP contribution is 2.31. The van der Waals surface area contributed by atoms with Crippen LogP contribution < -0.4 is 10.6 Å². The SMILES string of the molecule is CC(C)CC(NC(=O)C1(NC(=O)c2ccc(CN3CCOCC3)cc2)CCCC1)C(=O)c1nnc(SC(C)C)o1.[HH].[HH]. The van der Waals surface area contributed by atoms with Crippen LogP contribution in [0.25, 0.3) is 0 Å². The van der Waals surface area contributed by atoms with Crippen molar-refractivity contribution in [3.8, 4) is 0 Å². The third-order valence-corrected chi connectivity index (χ3v) is 8.09. The van der Waals surface area contributed by atoms with Gasteiger partial charge in [0.15, 0.2) is 0 Å². The molecule has 4 rings (SSSR count). The standard InChI is InChI=1S/C29H41N5O5S.2H2/c1-19(2)17-23(24(35)26-32-33-28(39-26)40-20(3)4)30-27(37)29(11-5-6-12-29)31-25(36)22-9-7-21(8-10-22)18-34-13-15-38-16-14-34;;/h7-10,19-20,23H,5-6,11-18H2,1-4H3,(H,30,37)(H,31,36);2*1H. The number of ketones is 1. The van der Waals surface area contributed by atoms with Crippen LogP contribution in [0.15, 0.2) is 33.9 Å². The number of ether oxygens (including phenoxy) is 1. The molecule has 1 saturated heterocycles. The molecule has 1 aromatic carbocycles. The van der Waals surface area contributed by atoms with Crippen molar-refractivity contribution >= 4 is 29.4 Å². The molecule has 11 heteroatoms. The first-order valence-corrected chi connectivity index (χ1v) is 15.1. The number of benzene rings is 1. The first-order valence-electron chi connectivity index (χ1n) is 14.2. The molecule has 2 fully saturated rings. The van der Waals surface area contributed by atoms with Crippen LogP contribution in [-0.2, 0) is 16.1 Å². The van der Waals surface area contributed by atoms with Gasteiger partial charge in [-0.05, 0) is 42.9 Å². The Labute approximate surface area is 243 Å². The van der Waals surface area contributed by atoms with Gasteiger partial charge >= 0.3 is 0 Å². The summed E-state index contributed by atoms with van der Waals surface area (Å²) in [7, 11) is 0. The van der Waals surface area contributed by atoms with E-state index in [2.05, 4.69) is 25.7 Å². The molecular formula is C29H45N5O5S. The summed E-state index contributed by atoms with van der Waals surface area (Å²) in [5.41, 5.74) is 0.547. The fraction of sp³-hybridized carbons (Fsp3) is 0.621. The normalized spacial score (nSPS) is 18.1. The van der Waals surface area contributed by atoms with Gasteiger partial charge in [-0.15, -0.1) is 10.2 Å². The van der Waals surface area contributed by atoms with Gasteiger partial charge in [-0.2, -0.15) is 0 Å². The molecule has 40 heavy (non-hydrogen) atoms. The van der Waals surface area contributed by atoms with Crippen LogP contribution in [0.3, 0.4) is 0 Å². The minimum absolute atomic E-state index is 0. The number of thioether (sulfide) groups is 1. The van der Waals surface area contributed by atoms with Gasteiger partial charge < -0.3 is 19.8 Å². The van der Waals surface area contributed by atoms with Crippen molar-refractivity contribution in [3.05, 3.63) is 41.3 Å². The lowest BCUT2D eigenvalue weighted by atomic mass is 9.93. The van der Waals surface area contributed by atoms with Gasteiger partial charge in [-0.3, -0.25) is 19.3 Å². The maximum absolute atomic E-state index is 13.7. The second kappa shape index (κ2) is 13.7. The molecule has 0 spiro atoms. The Balaban J connectivity index is 0.00000308. The number of morpholine rings is 1. The molecule has 2 amide bonds. The Morgan fingerprint density at radius 2 is 1.73 bits per heavy atom. The fourth-order valence-corrected chi connectivity index (χ4v) is 5.78. The summed E-state index contributed by atoms with van der Waals surface area (Å²) in [5, 5.41) is 14.4. The second-order valence-corrected chi connectivity index (χ2v) is 12.9. The maximum atomic E-state index is 13.7. The van der Waals surface area contributed by atoms with Gasteiger partial charge in [0.05, 0.1) is 19.3 Å². The van der Waals surface area contributed by atoms with Crippen LogP contribution in [-0.4, -0.2) is 75.8 Å². The number of nitrogens with one attached hydrogen (secondary N) is 2. The van der Waals surface area contributed by atoms with E-state index in [0.717, 1.165) is 51.3 Å². The van der Waals surface area contributed by atoms with Crippen molar-refractivity contribution in [1.29, 1.82) is 0 Å². The van der Waals surface area contributed by atoms with Crippen LogP contribution >= 0.6 is 11.8 Å². The molecule has 10 nitrogen and oxygen atoms in total. The van der Waals surface area contributed by atoms with Gasteiger partial charge in [-0.25, -0.2) is 0 Å². The van der Waals surface area contributed by atoms with E-state index in [1.54, 1.807) is 12.1 Å². The first-order chi connectivity index (χ1) is 19.1. The molecule has 1 aromatic heterocycles. The molecule has 2 aromatic rings. The highest BCUT2D eigenvalue weighted by atomic mass is 32.2. The highest BCUT2D eigenvalue weighted by Gasteiger charge is 2.44. The smallest absolute Gasteiger partial charge is 0.286 e. The van der Waals surface area contributed by atoms with E-state index in [1.165, 1.54) is 11.8 Å². The van der Waals surface area contributed by atoms with Crippen LogP contribution in [0.4, 0.5) is 0 Å². The lowest BCUT2D eigenvalue weighted by molar-refractivity contribution is -0.127. The zero-order valence-electron chi connectivity index (χ0n) is 23.9. The molecule has 1 atom stereocenters. The van der Waals surface area contributed by atoms with Gasteiger partial charge in [0.1, 0.15) is 5.54 Å². The number of hydrogen-bond acceptors (Lipinski definition) is 9. The summed E-state index contributed by atoms with van der Waals surface area (Å²) in [6.45, 7) is 12.0. The van der Waals surface area contributed by atoms with Gasteiger partial charge in [0.25, 0.3) is 17.0 Å². The lowest BCUT2D eigenvalue weighted by Crippen LogP contribution is -2.60. The fourth-order valence-electron chi connectivity index (χ4n) is 5.16. The minimum Gasteiger partial charge on any atom is -0.408 e. The predicted molar refractivity (Wildman–Crippen MR) is 156 cm³/mol. The average Bonchev–Trinajstić information content (AvgIpc) is 3.59. The summed E-state index contributed by atoms with van der Waals surface area (Å²) in [5.74, 6) is -1.05. The van der Waals surface area contributed by atoms with E-state index in [0.29, 0.717) is 30.0 Å². The summed E-state index contributed by atoms with van der Waals surface area (Å²) in [4.78, 5) is 42.7. The molecule has 1 aliphatic carbocycles. The monoisotopic (exact) mass is 575 g/mol. The third kappa shape index (κ3) is 7.92. The molecule has 1 aliphatic heterocycles. The largest absolute Gasteiger partial charge is 0.408 e.